The first-order chi connectivity index (χ1) is 8.09. The summed E-state index contributed by atoms with van der Waals surface area (Å²) < 4.78 is 0. The molecule has 3 atom stereocenters. The summed E-state index contributed by atoms with van der Waals surface area (Å²) in [6, 6.07) is 1.58. The lowest BCUT2D eigenvalue weighted by Gasteiger charge is -2.49. The Labute approximate surface area is 107 Å². The molecule has 1 saturated carbocycles. The Morgan fingerprint density at radius 1 is 1.35 bits per heavy atom. The molecule has 0 aromatic heterocycles. The van der Waals surface area contributed by atoms with Gasteiger partial charge >= 0.3 is 0 Å². The van der Waals surface area contributed by atoms with Gasteiger partial charge in [-0.2, -0.15) is 0 Å². The van der Waals surface area contributed by atoms with Gasteiger partial charge in [0.25, 0.3) is 0 Å². The minimum Gasteiger partial charge on any atom is -0.309 e. The zero-order valence-electron chi connectivity index (χ0n) is 12.1. The normalized spacial score (nSPS) is 37.1. The Balaban J connectivity index is 2.03. The summed E-state index contributed by atoms with van der Waals surface area (Å²) in [5, 5.41) is 3.80. The fourth-order valence-corrected chi connectivity index (χ4v) is 3.27. The van der Waals surface area contributed by atoms with Crippen molar-refractivity contribution in [3.8, 4) is 0 Å². The second kappa shape index (κ2) is 5.27. The molecule has 1 aliphatic heterocycles. The third-order valence-electron chi connectivity index (χ3n) is 4.91. The van der Waals surface area contributed by atoms with Crippen LogP contribution in [0.2, 0.25) is 0 Å². The van der Waals surface area contributed by atoms with Crippen LogP contribution in [0.5, 0.6) is 0 Å². The fourth-order valence-electron chi connectivity index (χ4n) is 3.27. The number of hydrogen-bond acceptors (Lipinski definition) is 2. The Hall–Kier alpha value is -0.0800. The summed E-state index contributed by atoms with van der Waals surface area (Å²) in [4.78, 5) is 2.82. The van der Waals surface area contributed by atoms with Gasteiger partial charge in [-0.15, -0.1) is 0 Å². The van der Waals surface area contributed by atoms with E-state index in [9.17, 15) is 0 Å². The van der Waals surface area contributed by atoms with Gasteiger partial charge < -0.3 is 5.32 Å². The molecule has 2 fully saturated rings. The largest absolute Gasteiger partial charge is 0.309 e. The lowest BCUT2D eigenvalue weighted by atomic mass is 9.90. The number of nitrogens with zero attached hydrogens (tertiary/aromatic N) is 1. The summed E-state index contributed by atoms with van der Waals surface area (Å²) in [6.45, 7) is 11.9. The predicted octanol–water partition coefficient (Wildman–Crippen LogP) is 3.03. The Morgan fingerprint density at radius 2 is 2.06 bits per heavy atom. The Morgan fingerprint density at radius 3 is 2.59 bits per heavy atom. The van der Waals surface area contributed by atoms with Crippen molar-refractivity contribution in [2.45, 2.75) is 77.4 Å². The summed E-state index contributed by atoms with van der Waals surface area (Å²) >= 11 is 0. The first-order valence-corrected chi connectivity index (χ1v) is 7.60. The van der Waals surface area contributed by atoms with Crippen molar-refractivity contribution in [1.82, 2.24) is 10.2 Å². The van der Waals surface area contributed by atoms with Crippen LogP contribution in [0.3, 0.4) is 0 Å². The zero-order chi connectivity index (χ0) is 12.5. The molecule has 3 unspecified atom stereocenters. The van der Waals surface area contributed by atoms with E-state index in [4.69, 9.17) is 0 Å². The molecule has 0 aromatic carbocycles. The van der Waals surface area contributed by atoms with Gasteiger partial charge in [-0.25, -0.2) is 0 Å². The fraction of sp³-hybridized carbons (Fsp3) is 1.00. The minimum absolute atomic E-state index is 0.341. The lowest BCUT2D eigenvalue weighted by molar-refractivity contribution is 0.0381. The molecule has 1 saturated heterocycles. The smallest absolute Gasteiger partial charge is 0.0278 e. The molecule has 0 amide bonds. The summed E-state index contributed by atoms with van der Waals surface area (Å²) in [5.41, 5.74) is 0.341. The van der Waals surface area contributed by atoms with E-state index in [2.05, 4.69) is 37.9 Å². The van der Waals surface area contributed by atoms with Crippen molar-refractivity contribution in [2.75, 3.05) is 13.1 Å². The maximum absolute atomic E-state index is 3.80. The molecule has 2 rings (SSSR count). The summed E-state index contributed by atoms with van der Waals surface area (Å²) in [5.74, 6) is 0.989. The first-order valence-electron chi connectivity index (χ1n) is 7.60. The van der Waals surface area contributed by atoms with Crippen LogP contribution in [-0.2, 0) is 0 Å². The molecule has 0 aromatic rings. The third-order valence-corrected chi connectivity index (χ3v) is 4.91. The van der Waals surface area contributed by atoms with Gasteiger partial charge in [0, 0.05) is 30.7 Å². The molecule has 1 N–H and O–H groups in total. The van der Waals surface area contributed by atoms with Crippen LogP contribution in [0, 0.1) is 5.92 Å². The van der Waals surface area contributed by atoms with Crippen molar-refractivity contribution in [1.29, 1.82) is 0 Å². The van der Waals surface area contributed by atoms with Crippen molar-refractivity contribution < 1.29 is 0 Å². The van der Waals surface area contributed by atoms with Crippen molar-refractivity contribution in [3.05, 3.63) is 0 Å². The molecule has 2 nitrogen and oxygen atoms in total. The van der Waals surface area contributed by atoms with Gasteiger partial charge in [-0.05, 0) is 45.4 Å². The molecule has 0 spiro atoms. The van der Waals surface area contributed by atoms with Crippen molar-refractivity contribution >= 4 is 0 Å². The molecular weight excluding hydrogens is 208 g/mol. The second-order valence-corrected chi connectivity index (χ2v) is 6.51. The highest BCUT2D eigenvalue weighted by molar-refractivity contribution is 5.00. The Bertz CT molecular complexity index is 249. The monoisotopic (exact) mass is 238 g/mol. The average Bonchev–Trinajstić information content (AvgIpc) is 3.13. The summed E-state index contributed by atoms with van der Waals surface area (Å²) in [6.07, 6.45) is 6.82. The number of hydrogen-bond donors (Lipinski definition) is 1. The summed E-state index contributed by atoms with van der Waals surface area (Å²) in [7, 11) is 0. The quantitative estimate of drug-likeness (QED) is 0.792. The van der Waals surface area contributed by atoms with Crippen LogP contribution in [0.1, 0.15) is 59.8 Å². The van der Waals surface area contributed by atoms with Gasteiger partial charge in [0.15, 0.2) is 0 Å². The highest BCUT2D eigenvalue weighted by Gasteiger charge is 2.43. The standard InChI is InChI=1S/C15H30N2/c1-5-7-12(3)17-11-15(4,6-2)16-10-14(17)13-8-9-13/h12-14,16H,5-11H2,1-4H3. The van der Waals surface area contributed by atoms with E-state index >= 15 is 0 Å². The van der Waals surface area contributed by atoms with Crippen LogP contribution in [0.4, 0.5) is 0 Å². The van der Waals surface area contributed by atoms with Gasteiger partial charge in [-0.1, -0.05) is 20.3 Å². The number of piperazine rings is 1. The molecule has 1 heterocycles. The van der Waals surface area contributed by atoms with Crippen LogP contribution >= 0.6 is 0 Å². The molecule has 2 heteroatoms. The van der Waals surface area contributed by atoms with Gasteiger partial charge in [0.1, 0.15) is 0 Å². The van der Waals surface area contributed by atoms with Crippen molar-refractivity contribution in [2.24, 2.45) is 5.92 Å². The Kier molecular flexibility index (Phi) is 4.14. The lowest BCUT2D eigenvalue weighted by Crippen LogP contribution is -2.65. The van der Waals surface area contributed by atoms with Crippen LogP contribution in [0.15, 0.2) is 0 Å². The van der Waals surface area contributed by atoms with Gasteiger partial charge in [-0.3, -0.25) is 4.90 Å². The molecule has 0 radical (unpaired) electrons. The van der Waals surface area contributed by atoms with Crippen LogP contribution in [0.25, 0.3) is 0 Å². The average molecular weight is 238 g/mol. The maximum atomic E-state index is 3.80. The molecule has 17 heavy (non-hydrogen) atoms. The molecule has 2 aliphatic rings. The highest BCUT2D eigenvalue weighted by Crippen LogP contribution is 2.38. The number of nitrogens with one attached hydrogen (secondary N) is 1. The van der Waals surface area contributed by atoms with E-state index in [0.29, 0.717) is 5.54 Å². The van der Waals surface area contributed by atoms with E-state index in [1.807, 2.05) is 0 Å². The topological polar surface area (TPSA) is 15.3 Å². The molecule has 100 valence electrons. The minimum atomic E-state index is 0.341. The SMILES string of the molecule is CCCC(C)N1CC(C)(CC)NCC1C1CC1. The van der Waals surface area contributed by atoms with Crippen molar-refractivity contribution in [3.63, 3.8) is 0 Å². The van der Waals surface area contributed by atoms with Gasteiger partial charge in [0.05, 0.1) is 0 Å². The van der Waals surface area contributed by atoms with E-state index in [0.717, 1.165) is 18.0 Å². The maximum Gasteiger partial charge on any atom is 0.0278 e. The predicted molar refractivity (Wildman–Crippen MR) is 74.3 cm³/mol. The molecule has 1 aliphatic carbocycles. The third kappa shape index (κ3) is 3.03. The van der Waals surface area contributed by atoms with E-state index in [1.54, 1.807) is 0 Å². The first kappa shape index (κ1) is 13.4. The van der Waals surface area contributed by atoms with E-state index in [1.165, 1.54) is 45.2 Å². The van der Waals surface area contributed by atoms with Gasteiger partial charge in [0.2, 0.25) is 0 Å². The highest BCUT2D eigenvalue weighted by atomic mass is 15.3. The zero-order valence-corrected chi connectivity index (χ0v) is 12.1. The second-order valence-electron chi connectivity index (χ2n) is 6.51. The molecular formula is C15H30N2. The van der Waals surface area contributed by atoms with E-state index < -0.39 is 0 Å². The van der Waals surface area contributed by atoms with E-state index in [-0.39, 0.29) is 0 Å². The van der Waals surface area contributed by atoms with Crippen LogP contribution < -0.4 is 5.32 Å². The number of rotatable bonds is 5. The molecule has 0 bridgehead atoms. The van der Waals surface area contributed by atoms with Crippen LogP contribution in [-0.4, -0.2) is 35.6 Å².